The van der Waals surface area contributed by atoms with Crippen molar-refractivity contribution in [3.63, 3.8) is 0 Å². The van der Waals surface area contributed by atoms with Gasteiger partial charge in [0, 0.05) is 36.2 Å². The number of rotatable bonds is 5. The van der Waals surface area contributed by atoms with Crippen molar-refractivity contribution in [1.82, 2.24) is 4.90 Å². The maximum absolute atomic E-state index is 11.3. The minimum absolute atomic E-state index is 0.0199. The highest BCUT2D eigenvalue weighted by atomic mass is 35.5. The molecule has 0 bridgehead atoms. The lowest BCUT2D eigenvalue weighted by Crippen LogP contribution is -2.52. The molecular weight excluding hydrogens is 477 g/mol. The van der Waals surface area contributed by atoms with Crippen molar-refractivity contribution >= 4 is 40.5 Å². The van der Waals surface area contributed by atoms with Crippen molar-refractivity contribution in [1.29, 1.82) is 5.26 Å². The molecule has 4 rings (SSSR count). The van der Waals surface area contributed by atoms with Crippen LogP contribution in [0.25, 0.3) is 0 Å². The van der Waals surface area contributed by atoms with Crippen LogP contribution < -0.4 is 4.90 Å². The summed E-state index contributed by atoms with van der Waals surface area (Å²) in [5, 5.41) is 22.2. The molecule has 0 aromatic heterocycles. The highest BCUT2D eigenvalue weighted by Crippen LogP contribution is 2.37. The Balaban J connectivity index is 1.60. The summed E-state index contributed by atoms with van der Waals surface area (Å²) in [5.74, 6) is 0. The Labute approximate surface area is 209 Å². The van der Waals surface area contributed by atoms with Crippen LogP contribution in [0, 0.1) is 11.3 Å². The summed E-state index contributed by atoms with van der Waals surface area (Å²) in [6.07, 6.45) is 0. The first kappa shape index (κ1) is 23.9. The van der Waals surface area contributed by atoms with Crippen molar-refractivity contribution in [2.24, 2.45) is 0 Å². The number of halogens is 3. The normalized spacial score (nSPS) is 18.5. The third kappa shape index (κ3) is 5.46. The topological polar surface area (TPSA) is 50.5 Å². The van der Waals surface area contributed by atoms with E-state index in [4.69, 9.17) is 40.1 Å². The third-order valence-corrected chi connectivity index (χ3v) is 6.90. The van der Waals surface area contributed by atoms with Gasteiger partial charge in [0.15, 0.2) is 0 Å². The second-order valence-corrected chi connectivity index (χ2v) is 9.83. The van der Waals surface area contributed by atoms with Crippen LogP contribution in [0.5, 0.6) is 0 Å². The van der Waals surface area contributed by atoms with Gasteiger partial charge in [0.2, 0.25) is 0 Å². The Bertz CT molecular complexity index is 1160. The highest BCUT2D eigenvalue weighted by Gasteiger charge is 2.34. The Morgan fingerprint density at radius 2 is 1.64 bits per heavy atom. The summed E-state index contributed by atoms with van der Waals surface area (Å²) in [4.78, 5) is 4.55. The monoisotopic (exact) mass is 499 g/mol. The zero-order chi connectivity index (χ0) is 23.6. The van der Waals surface area contributed by atoms with E-state index in [2.05, 4.69) is 15.9 Å². The van der Waals surface area contributed by atoms with E-state index >= 15 is 0 Å². The van der Waals surface area contributed by atoms with E-state index in [9.17, 15) is 5.11 Å². The lowest BCUT2D eigenvalue weighted by Gasteiger charge is -2.45. The van der Waals surface area contributed by atoms with Crippen LogP contribution in [0.3, 0.4) is 0 Å². The Kier molecular flexibility index (Phi) is 7.19. The Hall–Kier alpha value is -2.26. The van der Waals surface area contributed by atoms with Crippen molar-refractivity contribution in [3.8, 4) is 6.07 Å². The van der Waals surface area contributed by atoms with Crippen molar-refractivity contribution < 1.29 is 5.11 Å². The molecule has 0 radical (unpaired) electrons. The highest BCUT2D eigenvalue weighted by molar-refractivity contribution is 6.36. The third-order valence-electron chi connectivity index (χ3n) is 6.11. The molecule has 3 aromatic carbocycles. The lowest BCUT2D eigenvalue weighted by molar-refractivity contribution is 0.0103. The van der Waals surface area contributed by atoms with Crippen LogP contribution in [-0.2, 0) is 5.60 Å². The molecule has 3 aromatic rings. The SMILES string of the molecule is C[C@@](O)(CN1CCN(c2ccc(Cl)cc2Cl)[C@H](c2ccc(Cl)cc2)C1)c1ccc(C#N)cc1. The van der Waals surface area contributed by atoms with E-state index in [0.29, 0.717) is 33.7 Å². The van der Waals surface area contributed by atoms with Gasteiger partial charge >= 0.3 is 0 Å². The number of piperazine rings is 1. The quantitative estimate of drug-likeness (QED) is 0.447. The molecule has 0 amide bonds. The average molecular weight is 501 g/mol. The predicted octanol–water partition coefficient (Wildman–Crippen LogP) is 6.29. The summed E-state index contributed by atoms with van der Waals surface area (Å²) in [7, 11) is 0. The molecule has 1 saturated heterocycles. The summed E-state index contributed by atoms with van der Waals surface area (Å²) in [6, 6.07) is 22.7. The van der Waals surface area contributed by atoms with Crippen molar-refractivity contribution in [2.45, 2.75) is 18.6 Å². The number of aliphatic hydroxyl groups is 1. The van der Waals surface area contributed by atoms with Crippen molar-refractivity contribution in [3.05, 3.63) is 98.5 Å². The van der Waals surface area contributed by atoms with Crippen molar-refractivity contribution in [2.75, 3.05) is 31.1 Å². The molecule has 0 saturated carbocycles. The number of nitriles is 1. The fraction of sp³-hybridized carbons (Fsp3) is 0.269. The Morgan fingerprint density at radius 1 is 0.970 bits per heavy atom. The molecule has 33 heavy (non-hydrogen) atoms. The minimum atomic E-state index is -1.06. The number of hydrogen-bond donors (Lipinski definition) is 1. The number of benzene rings is 3. The second kappa shape index (κ2) is 9.93. The van der Waals surface area contributed by atoms with Gasteiger partial charge in [0.1, 0.15) is 0 Å². The molecule has 170 valence electrons. The zero-order valence-corrected chi connectivity index (χ0v) is 20.4. The standard InChI is InChI=1S/C26H24Cl3N3O/c1-26(33,20-6-2-18(15-30)3-7-20)17-31-12-13-32(24-11-10-22(28)14-23(24)29)25(16-31)19-4-8-21(27)9-5-19/h2-11,14,25,33H,12-13,16-17H2,1H3/t25-,26+/m0/s1. The Morgan fingerprint density at radius 3 is 2.27 bits per heavy atom. The van der Waals surface area contributed by atoms with Gasteiger partial charge in [-0.15, -0.1) is 0 Å². The molecule has 1 heterocycles. The number of nitrogens with zero attached hydrogens (tertiary/aromatic N) is 3. The van der Waals surface area contributed by atoms with Gasteiger partial charge in [-0.25, -0.2) is 0 Å². The van der Waals surface area contributed by atoms with Gasteiger partial charge in [-0.05, 0) is 60.5 Å². The maximum Gasteiger partial charge on any atom is 0.0994 e. The van der Waals surface area contributed by atoms with Gasteiger partial charge in [0.05, 0.1) is 34.0 Å². The molecule has 1 aliphatic heterocycles. The fourth-order valence-electron chi connectivity index (χ4n) is 4.39. The first-order chi connectivity index (χ1) is 15.8. The molecule has 1 N–H and O–H groups in total. The van der Waals surface area contributed by atoms with E-state index in [0.717, 1.165) is 29.9 Å². The van der Waals surface area contributed by atoms with E-state index in [1.165, 1.54) is 0 Å². The van der Waals surface area contributed by atoms with Gasteiger partial charge in [-0.3, -0.25) is 4.90 Å². The van der Waals surface area contributed by atoms with Crippen LogP contribution in [0.2, 0.25) is 15.1 Å². The maximum atomic E-state index is 11.3. The first-order valence-electron chi connectivity index (χ1n) is 10.7. The smallest absolute Gasteiger partial charge is 0.0994 e. The van der Waals surface area contributed by atoms with Crippen LogP contribution in [-0.4, -0.2) is 36.2 Å². The van der Waals surface area contributed by atoms with E-state index in [1.807, 2.05) is 55.5 Å². The first-order valence-corrected chi connectivity index (χ1v) is 11.8. The van der Waals surface area contributed by atoms with E-state index in [1.54, 1.807) is 18.2 Å². The van der Waals surface area contributed by atoms with Gasteiger partial charge in [0.25, 0.3) is 0 Å². The largest absolute Gasteiger partial charge is 0.384 e. The van der Waals surface area contributed by atoms with Gasteiger partial charge in [-0.2, -0.15) is 5.26 Å². The molecule has 1 fully saturated rings. The van der Waals surface area contributed by atoms with Gasteiger partial charge in [-0.1, -0.05) is 59.1 Å². The minimum Gasteiger partial charge on any atom is -0.384 e. The second-order valence-electron chi connectivity index (χ2n) is 8.55. The average Bonchev–Trinajstić information content (AvgIpc) is 2.80. The molecule has 0 spiro atoms. The van der Waals surface area contributed by atoms with Gasteiger partial charge < -0.3 is 10.0 Å². The predicted molar refractivity (Wildman–Crippen MR) is 135 cm³/mol. The molecule has 7 heteroatoms. The summed E-state index contributed by atoms with van der Waals surface area (Å²) < 4.78 is 0. The van der Waals surface area contributed by atoms with Crippen LogP contribution in [0.1, 0.15) is 29.7 Å². The molecule has 0 unspecified atom stereocenters. The molecule has 4 nitrogen and oxygen atoms in total. The summed E-state index contributed by atoms with van der Waals surface area (Å²) in [5.41, 5.74) is 2.35. The molecule has 1 aliphatic rings. The van der Waals surface area contributed by atoms with E-state index < -0.39 is 5.60 Å². The van der Waals surface area contributed by atoms with E-state index in [-0.39, 0.29) is 6.04 Å². The fourth-order valence-corrected chi connectivity index (χ4v) is 5.03. The number of β-amino-alcohol motifs (C(OH)–C–C–N with tert-alkyl or cyclic N) is 1. The number of anilines is 1. The molecular formula is C26H24Cl3N3O. The van der Waals surface area contributed by atoms with Crippen LogP contribution in [0.15, 0.2) is 66.7 Å². The van der Waals surface area contributed by atoms with Crippen LogP contribution in [0.4, 0.5) is 5.69 Å². The van der Waals surface area contributed by atoms with Crippen LogP contribution >= 0.6 is 34.8 Å². The molecule has 2 atom stereocenters. The summed E-state index contributed by atoms with van der Waals surface area (Å²) >= 11 is 18.8. The zero-order valence-electron chi connectivity index (χ0n) is 18.2. The lowest BCUT2D eigenvalue weighted by atomic mass is 9.93. The molecule has 0 aliphatic carbocycles. The number of hydrogen-bond acceptors (Lipinski definition) is 4. The summed E-state index contributed by atoms with van der Waals surface area (Å²) in [6.45, 7) is 4.47.